The van der Waals surface area contributed by atoms with Crippen LogP contribution >= 0.6 is 0 Å². The number of amides is 1. The lowest BCUT2D eigenvalue weighted by Gasteiger charge is -2.20. The largest absolute Gasteiger partial charge is 0.497 e. The number of aromatic nitrogens is 2. The van der Waals surface area contributed by atoms with Gasteiger partial charge in [-0.2, -0.15) is 5.10 Å². The maximum absolute atomic E-state index is 13.4. The second kappa shape index (κ2) is 10.1. The number of aryl methyl sites for hydroxylation is 1. The number of ether oxygens (including phenoxy) is 2. The number of nitrogens with zero attached hydrogens (tertiary/aromatic N) is 3. The van der Waals surface area contributed by atoms with E-state index in [4.69, 9.17) is 9.47 Å². The van der Waals surface area contributed by atoms with Crippen LogP contribution in [0.3, 0.4) is 0 Å². The first-order valence-electron chi connectivity index (χ1n) is 10.5. The number of hydrogen-bond acceptors (Lipinski definition) is 5. The van der Waals surface area contributed by atoms with Crippen LogP contribution in [0.5, 0.6) is 11.5 Å². The van der Waals surface area contributed by atoms with Crippen LogP contribution in [0.25, 0.3) is 10.8 Å². The van der Waals surface area contributed by atoms with Crippen molar-refractivity contribution in [2.45, 2.75) is 39.3 Å². The van der Waals surface area contributed by atoms with Crippen LogP contribution in [-0.4, -0.2) is 41.9 Å². The molecule has 0 aliphatic carbocycles. The number of methoxy groups -OCH3 is 2. The van der Waals surface area contributed by atoms with Crippen LogP contribution in [-0.2, 0) is 13.1 Å². The highest BCUT2D eigenvalue weighted by Crippen LogP contribution is 2.26. The SMILES string of the molecule is CCCCCn1nc(C(=O)N(C)Cc2ccc(OC)cc2OC)c2ccccc2c1=O. The molecule has 0 atom stereocenters. The molecule has 31 heavy (non-hydrogen) atoms. The molecule has 0 aliphatic rings. The highest BCUT2D eigenvalue weighted by atomic mass is 16.5. The van der Waals surface area contributed by atoms with Gasteiger partial charge in [-0.3, -0.25) is 9.59 Å². The smallest absolute Gasteiger partial charge is 0.274 e. The number of rotatable bonds is 9. The predicted molar refractivity (Wildman–Crippen MR) is 121 cm³/mol. The summed E-state index contributed by atoms with van der Waals surface area (Å²) >= 11 is 0. The molecule has 0 unspecified atom stereocenters. The Balaban J connectivity index is 1.96. The zero-order valence-electron chi connectivity index (χ0n) is 18.6. The summed E-state index contributed by atoms with van der Waals surface area (Å²) in [7, 11) is 4.90. The van der Waals surface area contributed by atoms with Gasteiger partial charge in [-0.1, -0.05) is 38.0 Å². The van der Waals surface area contributed by atoms with Gasteiger partial charge in [0.25, 0.3) is 11.5 Å². The Hall–Kier alpha value is -3.35. The Kier molecular flexibility index (Phi) is 7.28. The number of carbonyl (C=O) groups is 1. The summed E-state index contributed by atoms with van der Waals surface area (Å²) < 4.78 is 12.1. The maximum Gasteiger partial charge on any atom is 0.274 e. The van der Waals surface area contributed by atoms with Crippen LogP contribution in [0.4, 0.5) is 0 Å². The highest BCUT2D eigenvalue weighted by molar-refractivity contribution is 6.04. The summed E-state index contributed by atoms with van der Waals surface area (Å²) in [6.45, 7) is 2.93. The van der Waals surface area contributed by atoms with Gasteiger partial charge in [0.15, 0.2) is 5.69 Å². The van der Waals surface area contributed by atoms with Crippen molar-refractivity contribution in [1.82, 2.24) is 14.7 Å². The topological polar surface area (TPSA) is 73.7 Å². The summed E-state index contributed by atoms with van der Waals surface area (Å²) in [5, 5.41) is 5.54. The molecule has 1 amide bonds. The highest BCUT2D eigenvalue weighted by Gasteiger charge is 2.21. The van der Waals surface area contributed by atoms with Crippen molar-refractivity contribution in [3.05, 3.63) is 64.1 Å². The molecule has 0 radical (unpaired) electrons. The van der Waals surface area contributed by atoms with Gasteiger partial charge < -0.3 is 14.4 Å². The molecule has 7 nitrogen and oxygen atoms in total. The molecule has 0 N–H and O–H groups in total. The lowest BCUT2D eigenvalue weighted by Crippen LogP contribution is -2.32. The van der Waals surface area contributed by atoms with Crippen molar-refractivity contribution in [2.24, 2.45) is 0 Å². The van der Waals surface area contributed by atoms with Crippen LogP contribution < -0.4 is 15.0 Å². The number of unbranched alkanes of at least 4 members (excludes halogenated alkanes) is 2. The number of benzene rings is 2. The van der Waals surface area contributed by atoms with E-state index in [1.54, 1.807) is 50.4 Å². The molecule has 1 aromatic heterocycles. The summed E-state index contributed by atoms with van der Waals surface area (Å²) in [5.74, 6) is 1.07. The molecule has 0 saturated heterocycles. The van der Waals surface area contributed by atoms with Crippen LogP contribution in [0, 0.1) is 0 Å². The van der Waals surface area contributed by atoms with Gasteiger partial charge in [0.1, 0.15) is 11.5 Å². The Morgan fingerprint density at radius 2 is 1.81 bits per heavy atom. The molecular weight excluding hydrogens is 394 g/mol. The molecular formula is C24H29N3O4. The zero-order chi connectivity index (χ0) is 22.4. The van der Waals surface area contributed by atoms with Gasteiger partial charge in [0.05, 0.1) is 19.6 Å². The second-order valence-electron chi connectivity index (χ2n) is 7.47. The van der Waals surface area contributed by atoms with E-state index in [2.05, 4.69) is 12.0 Å². The molecule has 3 aromatic rings. The van der Waals surface area contributed by atoms with E-state index in [0.717, 1.165) is 24.8 Å². The first kappa shape index (κ1) is 22.3. The van der Waals surface area contributed by atoms with E-state index in [1.807, 2.05) is 18.2 Å². The normalized spacial score (nSPS) is 10.8. The molecule has 0 aliphatic heterocycles. The molecule has 3 rings (SSSR count). The first-order valence-corrected chi connectivity index (χ1v) is 10.5. The van der Waals surface area contributed by atoms with Crippen molar-refractivity contribution in [3.63, 3.8) is 0 Å². The summed E-state index contributed by atoms with van der Waals surface area (Å²) in [5.41, 5.74) is 0.962. The van der Waals surface area contributed by atoms with Crippen LogP contribution in [0.2, 0.25) is 0 Å². The number of carbonyl (C=O) groups excluding carboxylic acids is 1. The van der Waals surface area contributed by atoms with Crippen molar-refractivity contribution >= 4 is 16.7 Å². The van der Waals surface area contributed by atoms with Gasteiger partial charge in [-0.25, -0.2) is 4.68 Å². The molecule has 0 saturated carbocycles. The average Bonchev–Trinajstić information content (AvgIpc) is 2.80. The second-order valence-corrected chi connectivity index (χ2v) is 7.47. The molecule has 164 valence electrons. The predicted octanol–water partition coefficient (Wildman–Crippen LogP) is 3.88. The molecule has 0 spiro atoms. The van der Waals surface area contributed by atoms with Crippen molar-refractivity contribution in [2.75, 3.05) is 21.3 Å². The van der Waals surface area contributed by atoms with Crippen molar-refractivity contribution < 1.29 is 14.3 Å². The Labute approximate surface area is 182 Å². The third-order valence-corrected chi connectivity index (χ3v) is 5.29. The monoisotopic (exact) mass is 423 g/mol. The zero-order valence-corrected chi connectivity index (χ0v) is 18.6. The lowest BCUT2D eigenvalue weighted by molar-refractivity contribution is 0.0777. The van der Waals surface area contributed by atoms with Gasteiger partial charge in [0.2, 0.25) is 0 Å². The molecule has 1 heterocycles. The summed E-state index contributed by atoms with van der Waals surface area (Å²) in [4.78, 5) is 27.8. The van der Waals surface area contributed by atoms with E-state index in [0.29, 0.717) is 35.4 Å². The fraction of sp³-hybridized carbons (Fsp3) is 0.375. The van der Waals surface area contributed by atoms with Gasteiger partial charge in [-0.15, -0.1) is 0 Å². The molecule has 2 aromatic carbocycles. The molecule has 7 heteroatoms. The summed E-state index contributed by atoms with van der Waals surface area (Å²) in [6.07, 6.45) is 2.89. The number of fused-ring (bicyclic) bond motifs is 1. The van der Waals surface area contributed by atoms with E-state index >= 15 is 0 Å². The van der Waals surface area contributed by atoms with E-state index in [9.17, 15) is 9.59 Å². The Morgan fingerprint density at radius 3 is 2.48 bits per heavy atom. The maximum atomic E-state index is 13.4. The van der Waals surface area contributed by atoms with Crippen LogP contribution in [0.15, 0.2) is 47.3 Å². The third-order valence-electron chi connectivity index (χ3n) is 5.29. The van der Waals surface area contributed by atoms with E-state index in [1.165, 1.54) is 4.68 Å². The minimum Gasteiger partial charge on any atom is -0.497 e. The molecule has 0 fully saturated rings. The van der Waals surface area contributed by atoms with E-state index in [-0.39, 0.29) is 17.2 Å². The molecule has 0 bridgehead atoms. The lowest BCUT2D eigenvalue weighted by atomic mass is 10.1. The summed E-state index contributed by atoms with van der Waals surface area (Å²) in [6, 6.07) is 12.6. The van der Waals surface area contributed by atoms with Crippen molar-refractivity contribution in [3.8, 4) is 11.5 Å². The Morgan fingerprint density at radius 1 is 1.06 bits per heavy atom. The Bertz CT molecular complexity index is 1120. The van der Waals surface area contributed by atoms with Gasteiger partial charge >= 0.3 is 0 Å². The standard InChI is InChI=1S/C24H29N3O4/c1-5-6-9-14-27-23(28)20-11-8-7-10-19(20)22(25-27)24(29)26(2)16-17-12-13-18(30-3)15-21(17)31-4/h7-8,10-13,15H,5-6,9,14,16H2,1-4H3. The van der Waals surface area contributed by atoms with Gasteiger partial charge in [-0.05, 0) is 24.6 Å². The quantitative estimate of drug-likeness (QED) is 0.489. The average molecular weight is 424 g/mol. The number of hydrogen-bond donors (Lipinski definition) is 0. The minimum absolute atomic E-state index is 0.164. The van der Waals surface area contributed by atoms with E-state index < -0.39 is 0 Å². The van der Waals surface area contributed by atoms with Crippen molar-refractivity contribution in [1.29, 1.82) is 0 Å². The fourth-order valence-electron chi connectivity index (χ4n) is 3.55. The van der Waals surface area contributed by atoms with Gasteiger partial charge in [0, 0.05) is 37.2 Å². The van der Waals surface area contributed by atoms with Crippen LogP contribution in [0.1, 0.15) is 42.2 Å². The first-order chi connectivity index (χ1) is 15.0. The third kappa shape index (κ3) is 4.87. The fourth-order valence-corrected chi connectivity index (χ4v) is 3.55. The minimum atomic E-state index is -0.252.